The van der Waals surface area contributed by atoms with Gasteiger partial charge in [0.2, 0.25) is 0 Å². The van der Waals surface area contributed by atoms with Gasteiger partial charge in [-0.15, -0.1) is 0 Å². The number of hydrogen-bond donors (Lipinski definition) is 0. The lowest BCUT2D eigenvalue weighted by Crippen LogP contribution is -2.24. The molecule has 2 unspecified atom stereocenters. The van der Waals surface area contributed by atoms with Crippen LogP contribution in [0.4, 0.5) is 5.69 Å². The summed E-state index contributed by atoms with van der Waals surface area (Å²) >= 11 is 0. The summed E-state index contributed by atoms with van der Waals surface area (Å²) in [6, 6.07) is 16.5. The van der Waals surface area contributed by atoms with Crippen LogP contribution in [-0.4, -0.2) is 19.7 Å². The molecule has 1 aliphatic rings. The number of carbonyl (C=O) groups is 1. The Hall–Kier alpha value is -2.10. The van der Waals surface area contributed by atoms with Gasteiger partial charge < -0.3 is 9.26 Å². The van der Waals surface area contributed by atoms with Gasteiger partial charge in [-0.3, -0.25) is 14.0 Å². The number of hydrogen-bond acceptors (Lipinski definition) is 4. The Balaban J connectivity index is 2.17. The molecular formula is C18H20NO4P. The zero-order valence-corrected chi connectivity index (χ0v) is 14.6. The highest BCUT2D eigenvalue weighted by Gasteiger charge is 2.48. The van der Waals surface area contributed by atoms with Crippen LogP contribution in [0.2, 0.25) is 0 Å². The molecule has 1 heterocycles. The van der Waals surface area contributed by atoms with Gasteiger partial charge in [0.1, 0.15) is 0 Å². The molecule has 6 heteroatoms. The van der Waals surface area contributed by atoms with Crippen molar-refractivity contribution < 1.29 is 18.6 Å². The zero-order valence-electron chi connectivity index (χ0n) is 13.7. The Kier molecular flexibility index (Phi) is 4.74. The third-order valence-electron chi connectivity index (χ3n) is 4.09. The number of rotatable bonds is 5. The fourth-order valence-corrected chi connectivity index (χ4v) is 5.80. The molecule has 0 fully saturated rings. The van der Waals surface area contributed by atoms with Gasteiger partial charge in [-0.05, 0) is 30.7 Å². The lowest BCUT2D eigenvalue weighted by molar-refractivity contribution is -0.141. The van der Waals surface area contributed by atoms with Crippen LogP contribution in [0.25, 0.3) is 0 Å². The minimum atomic E-state index is -3.29. The van der Waals surface area contributed by atoms with Crippen molar-refractivity contribution in [2.75, 3.05) is 18.4 Å². The molecule has 2 atom stereocenters. The maximum Gasteiger partial charge on any atom is 0.327 e. The van der Waals surface area contributed by atoms with Crippen molar-refractivity contribution in [3.8, 4) is 0 Å². The van der Waals surface area contributed by atoms with Crippen LogP contribution in [0.1, 0.15) is 24.9 Å². The lowest BCUT2D eigenvalue weighted by atomic mass is 10.0. The van der Waals surface area contributed by atoms with E-state index in [9.17, 15) is 9.36 Å². The van der Waals surface area contributed by atoms with Crippen molar-refractivity contribution in [2.24, 2.45) is 0 Å². The Morgan fingerprint density at radius 1 is 1.12 bits per heavy atom. The summed E-state index contributed by atoms with van der Waals surface area (Å²) in [5, 5.41) is 0.657. The second-order valence-electron chi connectivity index (χ2n) is 5.47. The third kappa shape index (κ3) is 2.74. The summed E-state index contributed by atoms with van der Waals surface area (Å²) in [6.45, 7) is 2.14. The third-order valence-corrected chi connectivity index (χ3v) is 6.79. The van der Waals surface area contributed by atoms with Crippen molar-refractivity contribution >= 4 is 24.5 Å². The molecule has 0 aliphatic carbocycles. The number of carbonyl (C=O) groups excluding carboxylic acids is 1. The summed E-state index contributed by atoms with van der Waals surface area (Å²) in [4.78, 5) is 11.9. The molecular weight excluding hydrogens is 325 g/mol. The molecule has 0 aromatic heterocycles. The number of nitrogens with zero attached hydrogens (tertiary/aromatic N) is 1. The Morgan fingerprint density at radius 2 is 1.79 bits per heavy atom. The van der Waals surface area contributed by atoms with Crippen LogP contribution in [-0.2, 0) is 18.6 Å². The summed E-state index contributed by atoms with van der Waals surface area (Å²) in [7, 11) is -1.93. The summed E-state index contributed by atoms with van der Waals surface area (Å²) < 4.78 is 26.1. The molecule has 1 aliphatic heterocycles. The van der Waals surface area contributed by atoms with Gasteiger partial charge >= 0.3 is 13.5 Å². The molecule has 126 valence electrons. The van der Waals surface area contributed by atoms with E-state index in [1.807, 2.05) is 61.5 Å². The maximum atomic E-state index is 13.8. The van der Waals surface area contributed by atoms with E-state index in [4.69, 9.17) is 9.26 Å². The quantitative estimate of drug-likeness (QED) is 0.611. The molecule has 5 nitrogen and oxygen atoms in total. The minimum Gasteiger partial charge on any atom is -0.469 e. The largest absolute Gasteiger partial charge is 0.469 e. The first-order chi connectivity index (χ1) is 11.6. The molecule has 24 heavy (non-hydrogen) atoms. The van der Waals surface area contributed by atoms with Crippen molar-refractivity contribution in [1.82, 2.24) is 0 Å². The van der Waals surface area contributed by atoms with E-state index in [1.54, 1.807) is 4.67 Å². The fourth-order valence-electron chi connectivity index (χ4n) is 3.12. The first-order valence-electron chi connectivity index (χ1n) is 7.87. The van der Waals surface area contributed by atoms with Gasteiger partial charge in [0, 0.05) is 5.69 Å². The molecule has 3 rings (SSSR count). The minimum absolute atomic E-state index is 0.111. The number of esters is 1. The van der Waals surface area contributed by atoms with E-state index in [0.29, 0.717) is 11.9 Å². The Labute approximate surface area is 141 Å². The van der Waals surface area contributed by atoms with E-state index < -0.39 is 7.52 Å². The topological polar surface area (TPSA) is 55.8 Å². The predicted octanol–water partition coefficient (Wildman–Crippen LogP) is 3.67. The first-order valence-corrected chi connectivity index (χ1v) is 9.45. The van der Waals surface area contributed by atoms with E-state index >= 15 is 0 Å². The normalized spacial score (nSPS) is 22.2. The molecule has 2 aromatic rings. The summed E-state index contributed by atoms with van der Waals surface area (Å²) in [5.41, 5.74) is 1.61. The standard InChI is InChI=1S/C18H20NO4P/c1-3-23-24(21)17-12-8-7-11-15(17)16(13-18(20)22-2)19(24)14-9-5-4-6-10-14/h4-12,16H,3,13H2,1-2H3. The SMILES string of the molecule is CCOP1(=O)c2ccccc2C(CC(=O)OC)N1c1ccccc1. The average molecular weight is 345 g/mol. The monoisotopic (exact) mass is 345 g/mol. The number of anilines is 1. The van der Waals surface area contributed by atoms with Gasteiger partial charge in [0.15, 0.2) is 0 Å². The molecule has 0 bridgehead atoms. The number of fused-ring (bicyclic) bond motifs is 1. The lowest BCUT2D eigenvalue weighted by Gasteiger charge is -2.31. The van der Waals surface area contributed by atoms with E-state index in [-0.39, 0.29) is 18.4 Å². The first kappa shape index (κ1) is 16.7. The average Bonchev–Trinajstić information content (AvgIpc) is 2.85. The van der Waals surface area contributed by atoms with Crippen molar-refractivity contribution in [3.05, 3.63) is 60.2 Å². The van der Waals surface area contributed by atoms with E-state index in [0.717, 1.165) is 11.3 Å². The highest BCUT2D eigenvalue weighted by molar-refractivity contribution is 7.69. The van der Waals surface area contributed by atoms with E-state index in [1.165, 1.54) is 7.11 Å². The molecule has 2 aromatic carbocycles. The Bertz CT molecular complexity index is 778. The van der Waals surface area contributed by atoms with Crippen LogP contribution in [0.3, 0.4) is 0 Å². The maximum absolute atomic E-state index is 13.8. The number of methoxy groups -OCH3 is 1. The van der Waals surface area contributed by atoms with Gasteiger partial charge in [0.25, 0.3) is 0 Å². The number of benzene rings is 2. The summed E-state index contributed by atoms with van der Waals surface area (Å²) in [5.74, 6) is -0.347. The summed E-state index contributed by atoms with van der Waals surface area (Å²) in [6.07, 6.45) is 0.111. The smallest absolute Gasteiger partial charge is 0.327 e. The second-order valence-corrected chi connectivity index (χ2v) is 7.68. The van der Waals surface area contributed by atoms with Crippen LogP contribution >= 0.6 is 7.52 Å². The van der Waals surface area contributed by atoms with Crippen molar-refractivity contribution in [1.29, 1.82) is 0 Å². The molecule has 0 saturated heterocycles. The molecule has 0 saturated carbocycles. The highest BCUT2D eigenvalue weighted by atomic mass is 31.2. The van der Waals surface area contributed by atoms with Crippen molar-refractivity contribution in [3.63, 3.8) is 0 Å². The number of ether oxygens (including phenoxy) is 1. The number of para-hydroxylation sites is 1. The molecule has 0 radical (unpaired) electrons. The van der Waals surface area contributed by atoms with Gasteiger partial charge in [-0.1, -0.05) is 36.4 Å². The fraction of sp³-hybridized carbons (Fsp3) is 0.278. The van der Waals surface area contributed by atoms with Gasteiger partial charge in [-0.2, -0.15) is 0 Å². The van der Waals surface area contributed by atoms with E-state index in [2.05, 4.69) is 0 Å². The predicted molar refractivity (Wildman–Crippen MR) is 93.6 cm³/mol. The van der Waals surface area contributed by atoms with Crippen LogP contribution in [0, 0.1) is 0 Å². The van der Waals surface area contributed by atoms with Gasteiger partial charge in [0.05, 0.1) is 31.5 Å². The second kappa shape index (κ2) is 6.80. The Morgan fingerprint density at radius 3 is 2.46 bits per heavy atom. The highest BCUT2D eigenvalue weighted by Crippen LogP contribution is 2.62. The molecule has 0 amide bonds. The van der Waals surface area contributed by atoms with Crippen LogP contribution in [0.15, 0.2) is 54.6 Å². The zero-order chi connectivity index (χ0) is 17.2. The van der Waals surface area contributed by atoms with Crippen LogP contribution < -0.4 is 9.97 Å². The van der Waals surface area contributed by atoms with Crippen LogP contribution in [0.5, 0.6) is 0 Å². The van der Waals surface area contributed by atoms with Gasteiger partial charge in [-0.25, -0.2) is 0 Å². The van der Waals surface area contributed by atoms with Crippen molar-refractivity contribution in [2.45, 2.75) is 19.4 Å². The molecule has 0 N–H and O–H groups in total. The molecule has 0 spiro atoms.